The average Bonchev–Trinajstić information content (AvgIpc) is 3.36. The summed E-state index contributed by atoms with van der Waals surface area (Å²) in [6, 6.07) is 24.4. The molecule has 2 heterocycles. The third kappa shape index (κ3) is 4.13. The van der Waals surface area contributed by atoms with Gasteiger partial charge in [-0.2, -0.15) is 0 Å². The topological polar surface area (TPSA) is 0 Å². The molecule has 0 radical (unpaired) electrons. The summed E-state index contributed by atoms with van der Waals surface area (Å²) in [6.45, 7) is 0. The largest absolute Gasteiger partial charge is 0.142 e. The first kappa shape index (κ1) is 16.4. The molecule has 0 saturated heterocycles. The number of thiophene rings is 2. The molecule has 0 saturated carbocycles. The maximum absolute atomic E-state index is 3.24. The van der Waals surface area contributed by atoms with Crippen molar-refractivity contribution in [3.63, 3.8) is 0 Å². The molecular weight excluding hydrogens is 352 g/mol. The predicted octanol–water partition coefficient (Wildman–Crippen LogP) is 6.28. The molecule has 0 aliphatic heterocycles. The fourth-order valence-corrected chi connectivity index (χ4v) is 4.18. The van der Waals surface area contributed by atoms with Crippen LogP contribution in [0.15, 0.2) is 83.6 Å². The van der Waals surface area contributed by atoms with Gasteiger partial charge in [-0.1, -0.05) is 60.1 Å². The van der Waals surface area contributed by atoms with Crippen LogP contribution in [0.25, 0.3) is 9.75 Å². The molecule has 2 heteroatoms. The molecule has 0 N–H and O–H groups in total. The fraction of sp³-hybridized carbons (Fsp3) is 0. The summed E-state index contributed by atoms with van der Waals surface area (Å²) in [6.07, 6.45) is 0. The Morgan fingerprint density at radius 1 is 0.462 bits per heavy atom. The Labute approximate surface area is 161 Å². The number of hydrogen-bond acceptors (Lipinski definition) is 2. The van der Waals surface area contributed by atoms with Crippen LogP contribution in [-0.4, -0.2) is 0 Å². The number of benzene rings is 2. The third-order valence-corrected chi connectivity index (χ3v) is 5.75. The van der Waals surface area contributed by atoms with Gasteiger partial charge in [0.2, 0.25) is 0 Å². The molecule has 122 valence electrons. The van der Waals surface area contributed by atoms with Crippen LogP contribution in [-0.2, 0) is 0 Å². The second-order valence-electron chi connectivity index (χ2n) is 5.63. The van der Waals surface area contributed by atoms with E-state index >= 15 is 0 Å². The van der Waals surface area contributed by atoms with Crippen molar-refractivity contribution >= 4 is 22.7 Å². The molecule has 2 aromatic carbocycles. The van der Waals surface area contributed by atoms with E-state index in [2.05, 4.69) is 46.6 Å². The van der Waals surface area contributed by atoms with Gasteiger partial charge in [0.25, 0.3) is 0 Å². The summed E-state index contributed by atoms with van der Waals surface area (Å²) in [4.78, 5) is 2.47. The maximum atomic E-state index is 3.24. The zero-order chi connectivity index (χ0) is 17.6. The van der Waals surface area contributed by atoms with E-state index < -0.39 is 0 Å². The first-order valence-electron chi connectivity index (χ1n) is 8.18. The van der Waals surface area contributed by atoms with Gasteiger partial charge in [-0.3, -0.25) is 0 Å². The quantitative estimate of drug-likeness (QED) is 0.348. The highest BCUT2D eigenvalue weighted by Crippen LogP contribution is 2.32. The summed E-state index contributed by atoms with van der Waals surface area (Å²) in [5.74, 6) is 12.9. The van der Waals surface area contributed by atoms with Crippen molar-refractivity contribution in [3.05, 3.63) is 106 Å². The van der Waals surface area contributed by atoms with E-state index in [0.717, 1.165) is 22.3 Å². The highest BCUT2D eigenvalue weighted by atomic mass is 32.1. The minimum atomic E-state index is 1.04. The van der Waals surface area contributed by atoms with E-state index in [1.807, 2.05) is 60.7 Å². The summed E-state index contributed by atoms with van der Waals surface area (Å²) in [7, 11) is 0. The van der Waals surface area contributed by atoms with Crippen molar-refractivity contribution < 1.29 is 0 Å². The molecule has 26 heavy (non-hydrogen) atoms. The van der Waals surface area contributed by atoms with Crippen molar-refractivity contribution in [3.8, 4) is 33.4 Å². The molecule has 0 nitrogen and oxygen atoms in total. The molecule has 4 aromatic rings. The zero-order valence-electron chi connectivity index (χ0n) is 13.9. The monoisotopic (exact) mass is 366 g/mol. The van der Waals surface area contributed by atoms with Crippen LogP contribution < -0.4 is 0 Å². The van der Waals surface area contributed by atoms with Crippen molar-refractivity contribution in [2.45, 2.75) is 0 Å². The highest BCUT2D eigenvalue weighted by molar-refractivity contribution is 7.20. The Hall–Kier alpha value is -3.04. The third-order valence-electron chi connectivity index (χ3n) is 3.69. The van der Waals surface area contributed by atoms with Gasteiger partial charge >= 0.3 is 0 Å². The molecule has 4 rings (SSSR count). The molecule has 0 atom stereocenters. The molecule has 0 amide bonds. The zero-order valence-corrected chi connectivity index (χ0v) is 15.5. The van der Waals surface area contributed by atoms with Crippen molar-refractivity contribution in [1.82, 2.24) is 0 Å². The van der Waals surface area contributed by atoms with E-state index in [1.165, 1.54) is 9.75 Å². The molecular formula is C24H14S2. The molecule has 0 fully saturated rings. The maximum Gasteiger partial charge on any atom is 0.0455 e. The van der Waals surface area contributed by atoms with Crippen molar-refractivity contribution in [1.29, 1.82) is 0 Å². The Morgan fingerprint density at radius 3 is 1.27 bits per heavy atom. The van der Waals surface area contributed by atoms with Crippen LogP contribution in [0.4, 0.5) is 0 Å². The van der Waals surface area contributed by atoms with E-state index in [4.69, 9.17) is 0 Å². The minimum Gasteiger partial charge on any atom is -0.142 e. The van der Waals surface area contributed by atoms with Crippen LogP contribution in [0.1, 0.15) is 22.3 Å². The second-order valence-corrected chi connectivity index (χ2v) is 7.45. The van der Waals surface area contributed by atoms with Crippen LogP contribution in [0.3, 0.4) is 0 Å². The first-order chi connectivity index (χ1) is 12.9. The van der Waals surface area contributed by atoms with E-state index in [-0.39, 0.29) is 0 Å². The van der Waals surface area contributed by atoms with Gasteiger partial charge in [-0.25, -0.2) is 0 Å². The van der Waals surface area contributed by atoms with Crippen LogP contribution in [0.2, 0.25) is 0 Å². The van der Waals surface area contributed by atoms with E-state index in [1.54, 1.807) is 22.7 Å². The van der Waals surface area contributed by atoms with E-state index in [0.29, 0.717) is 0 Å². The highest BCUT2D eigenvalue weighted by Gasteiger charge is 2.04. The summed E-state index contributed by atoms with van der Waals surface area (Å²) < 4.78 is 0. The molecule has 0 aliphatic rings. The van der Waals surface area contributed by atoms with Crippen LogP contribution in [0, 0.1) is 23.7 Å². The molecule has 0 spiro atoms. The normalized spacial score (nSPS) is 9.69. The fourth-order valence-electron chi connectivity index (χ4n) is 2.39. The van der Waals surface area contributed by atoms with Gasteiger partial charge in [0.1, 0.15) is 0 Å². The SMILES string of the molecule is C(#Cc1csc(-c2cc(C#Cc3ccccc3)cs2)c1)c1ccccc1. The summed E-state index contributed by atoms with van der Waals surface area (Å²) in [5.41, 5.74) is 4.18. The summed E-state index contributed by atoms with van der Waals surface area (Å²) >= 11 is 3.45. The Bertz CT molecular complexity index is 1030. The first-order valence-corrected chi connectivity index (χ1v) is 9.94. The summed E-state index contributed by atoms with van der Waals surface area (Å²) in [5, 5.41) is 4.22. The van der Waals surface area contributed by atoms with Crippen LogP contribution in [0.5, 0.6) is 0 Å². The van der Waals surface area contributed by atoms with Gasteiger partial charge < -0.3 is 0 Å². The lowest BCUT2D eigenvalue weighted by molar-refractivity contribution is 1.64. The minimum absolute atomic E-state index is 1.04. The van der Waals surface area contributed by atoms with Crippen molar-refractivity contribution in [2.24, 2.45) is 0 Å². The second kappa shape index (κ2) is 7.89. The Balaban J connectivity index is 1.51. The molecule has 2 aromatic heterocycles. The van der Waals surface area contributed by atoms with Gasteiger partial charge in [0.15, 0.2) is 0 Å². The molecule has 0 aliphatic carbocycles. The average molecular weight is 367 g/mol. The van der Waals surface area contributed by atoms with Gasteiger partial charge in [0, 0.05) is 42.8 Å². The van der Waals surface area contributed by atoms with Gasteiger partial charge in [-0.05, 0) is 36.4 Å². The lowest BCUT2D eigenvalue weighted by Crippen LogP contribution is -1.72. The number of hydrogen-bond donors (Lipinski definition) is 0. The van der Waals surface area contributed by atoms with E-state index in [9.17, 15) is 0 Å². The molecule has 0 unspecified atom stereocenters. The number of rotatable bonds is 1. The lowest BCUT2D eigenvalue weighted by Gasteiger charge is -1.87. The Kier molecular flexibility index (Phi) is 4.99. The van der Waals surface area contributed by atoms with Crippen LogP contribution >= 0.6 is 22.7 Å². The standard InChI is InChI=1S/C24H14S2/c1-3-7-19(8-4-1)11-13-21-15-23(25-17-21)24-16-22(18-26-24)14-12-20-9-5-2-6-10-20/h1-10,15-18H. The smallest absolute Gasteiger partial charge is 0.0455 e. The Morgan fingerprint density at radius 2 is 0.846 bits per heavy atom. The van der Waals surface area contributed by atoms with Gasteiger partial charge in [0.05, 0.1) is 0 Å². The van der Waals surface area contributed by atoms with Crippen molar-refractivity contribution in [2.75, 3.05) is 0 Å². The van der Waals surface area contributed by atoms with Gasteiger partial charge in [-0.15, -0.1) is 22.7 Å². The molecule has 0 bridgehead atoms. The lowest BCUT2D eigenvalue weighted by atomic mass is 10.2. The predicted molar refractivity (Wildman–Crippen MR) is 112 cm³/mol.